The zero-order valence-electron chi connectivity index (χ0n) is 16.1. The molecule has 2 aromatic rings. The van der Waals surface area contributed by atoms with Crippen molar-refractivity contribution in [3.05, 3.63) is 60.2 Å². The van der Waals surface area contributed by atoms with Crippen LogP contribution in [0, 0.1) is 0 Å². The summed E-state index contributed by atoms with van der Waals surface area (Å²) < 4.78 is 31.6. The van der Waals surface area contributed by atoms with Crippen LogP contribution >= 0.6 is 0 Å². The van der Waals surface area contributed by atoms with Gasteiger partial charge in [-0.25, -0.2) is 8.42 Å². The second kappa shape index (κ2) is 9.01. The average molecular weight is 391 g/mol. The van der Waals surface area contributed by atoms with Crippen molar-refractivity contribution in [3.63, 3.8) is 0 Å². The van der Waals surface area contributed by atoms with Gasteiger partial charge in [0.25, 0.3) is 0 Å². The van der Waals surface area contributed by atoms with E-state index in [0.717, 1.165) is 9.87 Å². The quantitative estimate of drug-likeness (QED) is 0.695. The Morgan fingerprint density at radius 3 is 2.37 bits per heavy atom. The van der Waals surface area contributed by atoms with Gasteiger partial charge in [-0.1, -0.05) is 30.3 Å². The summed E-state index contributed by atoms with van der Waals surface area (Å²) in [7, 11) is -0.697. The molecule has 0 aliphatic rings. The molecule has 0 saturated carbocycles. The van der Waals surface area contributed by atoms with Crippen molar-refractivity contribution in [1.82, 2.24) is 9.21 Å². The van der Waals surface area contributed by atoms with Crippen LogP contribution in [0.5, 0.6) is 5.75 Å². The van der Waals surface area contributed by atoms with Crippen molar-refractivity contribution in [2.45, 2.75) is 24.8 Å². The summed E-state index contributed by atoms with van der Waals surface area (Å²) in [4.78, 5) is 14.6. The Morgan fingerprint density at radius 2 is 1.78 bits per heavy atom. The van der Waals surface area contributed by atoms with Crippen molar-refractivity contribution >= 4 is 15.9 Å². The van der Waals surface area contributed by atoms with Crippen LogP contribution in [0.4, 0.5) is 0 Å². The van der Waals surface area contributed by atoms with Gasteiger partial charge in [0.2, 0.25) is 15.9 Å². The fourth-order valence-corrected chi connectivity index (χ4v) is 4.03. The number of carbonyl (C=O) groups is 1. The molecule has 0 spiro atoms. The van der Waals surface area contributed by atoms with E-state index in [0.29, 0.717) is 12.3 Å². The summed E-state index contributed by atoms with van der Waals surface area (Å²) in [5, 5.41) is 0. The topological polar surface area (TPSA) is 66.9 Å². The van der Waals surface area contributed by atoms with E-state index in [1.54, 1.807) is 30.2 Å². The maximum absolute atomic E-state index is 12.8. The van der Waals surface area contributed by atoms with E-state index in [2.05, 4.69) is 0 Å². The van der Waals surface area contributed by atoms with Crippen molar-refractivity contribution in [1.29, 1.82) is 0 Å². The number of benzene rings is 2. The summed E-state index contributed by atoms with van der Waals surface area (Å²) in [6.07, 6.45) is 0. The number of likely N-dealkylation sites (N-methyl/N-ethyl adjacent to an activating group) is 2. The molecule has 2 aromatic carbocycles. The van der Waals surface area contributed by atoms with Gasteiger partial charge in [-0.15, -0.1) is 0 Å². The molecule has 0 aliphatic heterocycles. The first-order valence-corrected chi connectivity index (χ1v) is 10.2. The second-order valence-corrected chi connectivity index (χ2v) is 8.25. The third kappa shape index (κ3) is 4.87. The van der Waals surface area contributed by atoms with Gasteiger partial charge in [0.15, 0.2) is 0 Å². The number of hydrogen-bond acceptors (Lipinski definition) is 4. The fourth-order valence-electron chi connectivity index (χ4n) is 2.89. The molecule has 1 amide bonds. The highest BCUT2D eigenvalue weighted by Crippen LogP contribution is 2.24. The van der Waals surface area contributed by atoms with Crippen molar-refractivity contribution < 1.29 is 17.9 Å². The van der Waals surface area contributed by atoms with Gasteiger partial charge in [0.1, 0.15) is 5.75 Å². The molecule has 0 saturated heterocycles. The van der Waals surface area contributed by atoms with E-state index in [1.807, 2.05) is 38.1 Å². The lowest BCUT2D eigenvalue weighted by atomic mass is 10.1. The number of sulfonamides is 1. The molecule has 7 heteroatoms. The monoisotopic (exact) mass is 390 g/mol. The summed E-state index contributed by atoms with van der Waals surface area (Å²) in [6.45, 7) is 4.04. The Kier molecular flexibility index (Phi) is 6.98. The molecule has 0 bridgehead atoms. The minimum absolute atomic E-state index is 0.171. The lowest BCUT2D eigenvalue weighted by molar-refractivity contribution is -0.133. The van der Waals surface area contributed by atoms with Crippen LogP contribution in [0.2, 0.25) is 0 Å². The van der Waals surface area contributed by atoms with Crippen LogP contribution < -0.4 is 4.74 Å². The summed E-state index contributed by atoms with van der Waals surface area (Å²) in [5.41, 5.74) is 0.929. The molecule has 0 fully saturated rings. The molecular formula is C20H26N2O4S. The Labute approximate surface area is 161 Å². The van der Waals surface area contributed by atoms with Crippen LogP contribution in [0.1, 0.15) is 25.5 Å². The van der Waals surface area contributed by atoms with Crippen molar-refractivity contribution in [2.24, 2.45) is 0 Å². The molecule has 27 heavy (non-hydrogen) atoms. The highest BCUT2D eigenvalue weighted by molar-refractivity contribution is 7.89. The Morgan fingerprint density at radius 1 is 1.11 bits per heavy atom. The van der Waals surface area contributed by atoms with E-state index in [1.165, 1.54) is 19.2 Å². The molecule has 0 aromatic heterocycles. The number of carbonyl (C=O) groups excluding carboxylic acids is 1. The zero-order chi connectivity index (χ0) is 20.0. The smallest absolute Gasteiger partial charge is 0.243 e. The first kappa shape index (κ1) is 20.9. The summed E-state index contributed by atoms with van der Waals surface area (Å²) in [5.74, 6) is 0.460. The molecule has 0 radical (unpaired) electrons. The van der Waals surface area contributed by atoms with E-state index in [9.17, 15) is 13.2 Å². The van der Waals surface area contributed by atoms with Gasteiger partial charge < -0.3 is 9.64 Å². The maximum Gasteiger partial charge on any atom is 0.243 e. The third-order valence-corrected chi connectivity index (χ3v) is 6.33. The van der Waals surface area contributed by atoms with E-state index in [4.69, 9.17) is 4.74 Å². The average Bonchev–Trinajstić information content (AvgIpc) is 2.69. The second-order valence-electron chi connectivity index (χ2n) is 6.21. The van der Waals surface area contributed by atoms with Gasteiger partial charge >= 0.3 is 0 Å². The number of methoxy groups -OCH3 is 1. The Balaban J connectivity index is 2.16. The van der Waals surface area contributed by atoms with E-state index in [-0.39, 0.29) is 23.4 Å². The third-order valence-electron chi connectivity index (χ3n) is 4.51. The van der Waals surface area contributed by atoms with Gasteiger partial charge in [0, 0.05) is 13.6 Å². The molecule has 1 atom stereocenters. The van der Waals surface area contributed by atoms with Crippen LogP contribution in [0.3, 0.4) is 0 Å². The SMILES string of the molecule is CCN(C(=O)CN(C)S(=O)(=O)c1ccccc1)C(C)c1cccc(OC)c1. The van der Waals surface area contributed by atoms with E-state index >= 15 is 0 Å². The normalized spacial score (nSPS) is 12.6. The number of ether oxygens (including phenoxy) is 1. The standard InChI is InChI=1S/C20H26N2O4S/c1-5-22(16(2)17-10-9-11-18(14-17)26-4)20(23)15-21(3)27(24,25)19-12-7-6-8-13-19/h6-14,16H,5,15H2,1-4H3. The van der Waals surface area contributed by atoms with Crippen molar-refractivity contribution in [3.8, 4) is 5.75 Å². The predicted molar refractivity (Wildman–Crippen MR) is 105 cm³/mol. The molecular weight excluding hydrogens is 364 g/mol. The van der Waals surface area contributed by atoms with Gasteiger partial charge in [-0.3, -0.25) is 4.79 Å². The zero-order valence-corrected chi connectivity index (χ0v) is 16.9. The number of amides is 1. The Hall–Kier alpha value is -2.38. The molecule has 0 aliphatic carbocycles. The van der Waals surface area contributed by atoms with Gasteiger partial charge in [-0.2, -0.15) is 4.31 Å². The highest BCUT2D eigenvalue weighted by atomic mass is 32.2. The van der Waals surface area contributed by atoms with Gasteiger partial charge in [-0.05, 0) is 43.7 Å². The van der Waals surface area contributed by atoms with Crippen molar-refractivity contribution in [2.75, 3.05) is 27.2 Å². The number of nitrogens with zero attached hydrogens (tertiary/aromatic N) is 2. The van der Waals surface area contributed by atoms with Gasteiger partial charge in [0.05, 0.1) is 24.6 Å². The van der Waals surface area contributed by atoms with Crippen LogP contribution in [-0.4, -0.2) is 50.8 Å². The van der Waals surface area contributed by atoms with Crippen LogP contribution in [-0.2, 0) is 14.8 Å². The minimum Gasteiger partial charge on any atom is -0.497 e. The first-order chi connectivity index (χ1) is 12.8. The lowest BCUT2D eigenvalue weighted by Gasteiger charge is -2.30. The molecule has 146 valence electrons. The predicted octanol–water partition coefficient (Wildman–Crippen LogP) is 2.93. The minimum atomic E-state index is -3.71. The Bertz CT molecular complexity index is 869. The first-order valence-electron chi connectivity index (χ1n) is 8.76. The lowest BCUT2D eigenvalue weighted by Crippen LogP contribution is -2.42. The molecule has 1 unspecified atom stereocenters. The fraction of sp³-hybridized carbons (Fsp3) is 0.350. The maximum atomic E-state index is 12.8. The number of hydrogen-bond donors (Lipinski definition) is 0. The van der Waals surface area contributed by atoms with Crippen LogP contribution in [0.15, 0.2) is 59.5 Å². The largest absolute Gasteiger partial charge is 0.497 e. The van der Waals surface area contributed by atoms with Crippen LogP contribution in [0.25, 0.3) is 0 Å². The molecule has 0 N–H and O–H groups in total. The highest BCUT2D eigenvalue weighted by Gasteiger charge is 2.27. The van der Waals surface area contributed by atoms with E-state index < -0.39 is 10.0 Å². The number of rotatable bonds is 8. The molecule has 2 rings (SSSR count). The molecule has 0 heterocycles. The summed E-state index contributed by atoms with van der Waals surface area (Å²) >= 11 is 0. The molecule has 6 nitrogen and oxygen atoms in total. The summed E-state index contributed by atoms with van der Waals surface area (Å²) in [6, 6.07) is 15.4.